The zero-order chi connectivity index (χ0) is 16.7. The lowest BCUT2D eigenvalue weighted by atomic mass is 10.2. The molecule has 0 aliphatic carbocycles. The van der Waals surface area contributed by atoms with Crippen molar-refractivity contribution in [2.24, 2.45) is 0 Å². The Kier molecular flexibility index (Phi) is 3.66. The van der Waals surface area contributed by atoms with Crippen LogP contribution in [0.4, 0.5) is 0 Å². The van der Waals surface area contributed by atoms with Crippen LogP contribution in [0.2, 0.25) is 0 Å². The van der Waals surface area contributed by atoms with Crippen LogP contribution in [0.5, 0.6) is 5.75 Å². The molecule has 0 aliphatic heterocycles. The molecule has 0 aliphatic rings. The van der Waals surface area contributed by atoms with Crippen LogP contribution in [0.15, 0.2) is 40.5 Å². The highest BCUT2D eigenvalue weighted by Crippen LogP contribution is 2.20. The third kappa shape index (κ3) is 2.51. The van der Waals surface area contributed by atoms with Crippen molar-refractivity contribution < 1.29 is 4.74 Å². The molecule has 4 aromatic rings. The minimum absolute atomic E-state index is 0.130. The van der Waals surface area contributed by atoms with Crippen molar-refractivity contribution in [2.75, 3.05) is 7.11 Å². The lowest BCUT2D eigenvalue weighted by Crippen LogP contribution is -2.23. The SMILES string of the molecule is COc1ccc(-c2nc3sc(=Cc4sccc4C)c(=O)n3n2)cc1. The molecule has 0 atom stereocenters. The van der Waals surface area contributed by atoms with Gasteiger partial charge < -0.3 is 4.74 Å². The predicted molar refractivity (Wildman–Crippen MR) is 97.0 cm³/mol. The number of aromatic nitrogens is 3. The number of methoxy groups -OCH3 is 1. The van der Waals surface area contributed by atoms with Crippen LogP contribution in [0.25, 0.3) is 22.4 Å². The van der Waals surface area contributed by atoms with Gasteiger partial charge in [0.15, 0.2) is 5.82 Å². The van der Waals surface area contributed by atoms with Gasteiger partial charge in [0.25, 0.3) is 5.56 Å². The number of benzene rings is 1. The Morgan fingerprint density at radius 1 is 1.21 bits per heavy atom. The summed E-state index contributed by atoms with van der Waals surface area (Å²) in [6, 6.07) is 9.50. The quantitative estimate of drug-likeness (QED) is 0.567. The van der Waals surface area contributed by atoms with Gasteiger partial charge in [0.1, 0.15) is 5.75 Å². The first-order valence-electron chi connectivity index (χ1n) is 7.25. The summed E-state index contributed by atoms with van der Waals surface area (Å²) in [5, 5.41) is 6.37. The van der Waals surface area contributed by atoms with Crippen LogP contribution in [-0.4, -0.2) is 21.7 Å². The van der Waals surface area contributed by atoms with E-state index in [2.05, 4.69) is 10.1 Å². The van der Waals surface area contributed by atoms with E-state index in [1.165, 1.54) is 15.9 Å². The lowest BCUT2D eigenvalue weighted by molar-refractivity contribution is 0.415. The van der Waals surface area contributed by atoms with Crippen LogP contribution in [-0.2, 0) is 0 Å². The smallest absolute Gasteiger partial charge is 0.291 e. The molecule has 0 radical (unpaired) electrons. The van der Waals surface area contributed by atoms with Crippen molar-refractivity contribution in [3.63, 3.8) is 0 Å². The van der Waals surface area contributed by atoms with Crippen molar-refractivity contribution in [1.82, 2.24) is 14.6 Å². The molecule has 24 heavy (non-hydrogen) atoms. The standard InChI is InChI=1S/C17H13N3O2S2/c1-10-7-8-23-13(10)9-14-16(21)20-17(24-14)18-15(19-20)11-3-5-12(22-2)6-4-11/h3-9H,1-2H3. The molecule has 3 aromatic heterocycles. The van der Waals surface area contributed by atoms with Crippen molar-refractivity contribution in [2.45, 2.75) is 6.92 Å². The third-order valence-corrected chi connectivity index (χ3v) is 5.62. The second kappa shape index (κ2) is 5.85. The first kappa shape index (κ1) is 15.0. The lowest BCUT2D eigenvalue weighted by Gasteiger charge is -1.99. The van der Waals surface area contributed by atoms with E-state index < -0.39 is 0 Å². The van der Waals surface area contributed by atoms with Crippen molar-refractivity contribution >= 4 is 33.7 Å². The fraction of sp³-hybridized carbons (Fsp3) is 0.118. The average molecular weight is 355 g/mol. The molecule has 0 N–H and O–H groups in total. The average Bonchev–Trinajstić information content (AvgIpc) is 3.27. The minimum atomic E-state index is -0.130. The number of nitrogens with zero attached hydrogens (tertiary/aromatic N) is 3. The van der Waals surface area contributed by atoms with Crippen LogP contribution in [0.1, 0.15) is 10.4 Å². The summed E-state index contributed by atoms with van der Waals surface area (Å²) in [4.78, 5) is 18.7. The van der Waals surface area contributed by atoms with Gasteiger partial charge in [0.05, 0.1) is 11.6 Å². The Bertz CT molecular complexity index is 1120. The van der Waals surface area contributed by atoms with Crippen LogP contribution in [0, 0.1) is 6.92 Å². The molecule has 5 nitrogen and oxygen atoms in total. The molecule has 120 valence electrons. The van der Waals surface area contributed by atoms with E-state index in [1.54, 1.807) is 18.4 Å². The zero-order valence-electron chi connectivity index (χ0n) is 13.0. The molecule has 0 saturated heterocycles. The van der Waals surface area contributed by atoms with Gasteiger partial charge in [-0.2, -0.15) is 9.50 Å². The van der Waals surface area contributed by atoms with Gasteiger partial charge in [-0.05, 0) is 54.3 Å². The van der Waals surface area contributed by atoms with E-state index in [4.69, 9.17) is 4.74 Å². The summed E-state index contributed by atoms with van der Waals surface area (Å²) < 4.78 is 7.17. The molecule has 4 rings (SSSR count). The van der Waals surface area contributed by atoms with Gasteiger partial charge in [-0.15, -0.1) is 16.4 Å². The minimum Gasteiger partial charge on any atom is -0.497 e. The molecule has 0 fully saturated rings. The Hall–Kier alpha value is -2.51. The number of rotatable bonds is 3. The van der Waals surface area contributed by atoms with E-state index in [9.17, 15) is 4.79 Å². The molecular formula is C17H13N3O2S2. The summed E-state index contributed by atoms with van der Waals surface area (Å²) >= 11 is 2.98. The second-order valence-electron chi connectivity index (χ2n) is 5.24. The maximum absolute atomic E-state index is 12.5. The summed E-state index contributed by atoms with van der Waals surface area (Å²) in [6.07, 6.45) is 1.91. The van der Waals surface area contributed by atoms with E-state index in [1.807, 2.05) is 48.7 Å². The summed E-state index contributed by atoms with van der Waals surface area (Å²) in [5.41, 5.74) is 1.89. The van der Waals surface area contributed by atoms with Gasteiger partial charge >= 0.3 is 0 Å². The largest absolute Gasteiger partial charge is 0.497 e. The molecule has 1 aromatic carbocycles. The van der Waals surface area contributed by atoms with Gasteiger partial charge in [0, 0.05) is 10.4 Å². The van der Waals surface area contributed by atoms with Gasteiger partial charge in [0.2, 0.25) is 4.96 Å². The number of thiazole rings is 1. The molecule has 0 spiro atoms. The number of hydrogen-bond donors (Lipinski definition) is 0. The fourth-order valence-electron chi connectivity index (χ4n) is 2.35. The highest BCUT2D eigenvalue weighted by Gasteiger charge is 2.12. The highest BCUT2D eigenvalue weighted by atomic mass is 32.1. The fourth-order valence-corrected chi connectivity index (χ4v) is 4.17. The monoisotopic (exact) mass is 355 g/mol. The molecule has 0 saturated carbocycles. The van der Waals surface area contributed by atoms with Crippen LogP contribution < -0.4 is 14.8 Å². The summed E-state index contributed by atoms with van der Waals surface area (Å²) in [5.74, 6) is 1.31. The molecule has 0 unspecified atom stereocenters. The molecular weight excluding hydrogens is 342 g/mol. The number of thiophene rings is 1. The summed E-state index contributed by atoms with van der Waals surface area (Å²) in [6.45, 7) is 2.03. The van der Waals surface area contributed by atoms with E-state index in [0.29, 0.717) is 15.3 Å². The molecule has 0 amide bonds. The van der Waals surface area contributed by atoms with Crippen LogP contribution in [0.3, 0.4) is 0 Å². The number of ether oxygens (including phenoxy) is 1. The van der Waals surface area contributed by atoms with Gasteiger partial charge in [-0.3, -0.25) is 4.79 Å². The third-order valence-electron chi connectivity index (χ3n) is 3.69. The Morgan fingerprint density at radius 3 is 2.62 bits per heavy atom. The molecule has 3 heterocycles. The Morgan fingerprint density at radius 2 is 2.00 bits per heavy atom. The van der Waals surface area contributed by atoms with Crippen molar-refractivity contribution in [1.29, 1.82) is 0 Å². The van der Waals surface area contributed by atoms with Gasteiger partial charge in [-0.25, -0.2) is 0 Å². The van der Waals surface area contributed by atoms with Crippen molar-refractivity contribution in [3.05, 3.63) is 61.0 Å². The Labute approximate surface area is 145 Å². The maximum Gasteiger partial charge on any atom is 0.291 e. The van der Waals surface area contributed by atoms with Crippen LogP contribution >= 0.6 is 22.7 Å². The van der Waals surface area contributed by atoms with Gasteiger partial charge in [-0.1, -0.05) is 11.3 Å². The molecule has 7 heteroatoms. The normalized spacial score (nSPS) is 12.2. The number of aryl methyl sites for hydroxylation is 1. The highest BCUT2D eigenvalue weighted by molar-refractivity contribution is 7.15. The summed E-state index contributed by atoms with van der Waals surface area (Å²) in [7, 11) is 1.62. The van der Waals surface area contributed by atoms with E-state index in [-0.39, 0.29) is 5.56 Å². The topological polar surface area (TPSA) is 56.5 Å². The maximum atomic E-state index is 12.5. The number of fused-ring (bicyclic) bond motifs is 1. The first-order valence-corrected chi connectivity index (χ1v) is 8.95. The molecule has 0 bridgehead atoms. The Balaban J connectivity index is 1.79. The second-order valence-corrected chi connectivity index (χ2v) is 7.20. The predicted octanol–water partition coefficient (Wildman–Crippen LogP) is 2.74. The zero-order valence-corrected chi connectivity index (χ0v) is 14.6. The van der Waals surface area contributed by atoms with E-state index >= 15 is 0 Å². The van der Waals surface area contributed by atoms with E-state index in [0.717, 1.165) is 21.8 Å². The first-order chi connectivity index (χ1) is 11.7. The van der Waals surface area contributed by atoms with Crippen molar-refractivity contribution in [3.8, 4) is 17.1 Å². The number of hydrogen-bond acceptors (Lipinski definition) is 6.